The van der Waals surface area contributed by atoms with Gasteiger partial charge < -0.3 is 10.2 Å². The van der Waals surface area contributed by atoms with Crippen LogP contribution in [0, 0.1) is 10.8 Å². The Morgan fingerprint density at radius 3 is 2.22 bits per heavy atom. The maximum atomic E-state index is 13.7. The van der Waals surface area contributed by atoms with Crippen LogP contribution < -0.4 is 5.32 Å². The number of carbonyl (C=O) groups excluding carboxylic acids is 4. The maximum absolute atomic E-state index is 13.7. The molecule has 0 spiro atoms. The van der Waals surface area contributed by atoms with Crippen LogP contribution >= 0.6 is 0 Å². The van der Waals surface area contributed by atoms with Crippen LogP contribution in [-0.2, 0) is 4.79 Å². The van der Waals surface area contributed by atoms with Gasteiger partial charge in [-0.2, -0.15) is 0 Å². The van der Waals surface area contributed by atoms with E-state index in [1.54, 1.807) is 55.5 Å². The van der Waals surface area contributed by atoms with E-state index in [1.807, 2.05) is 4.90 Å². The molecule has 3 aliphatic rings. The Balaban J connectivity index is 1.38. The second-order valence-corrected chi connectivity index (χ2v) is 11.6. The van der Waals surface area contributed by atoms with E-state index < -0.39 is 23.8 Å². The third-order valence-electron chi connectivity index (χ3n) is 7.92. The van der Waals surface area contributed by atoms with Crippen molar-refractivity contribution in [3.8, 4) is 0 Å². The van der Waals surface area contributed by atoms with Crippen LogP contribution in [0.1, 0.15) is 84.5 Å². The Bertz CT molecular complexity index is 1230. The van der Waals surface area contributed by atoms with Gasteiger partial charge in [0.25, 0.3) is 17.7 Å². The molecule has 2 aliphatic heterocycles. The molecule has 1 saturated carbocycles. The zero-order chi connectivity index (χ0) is 25.8. The fourth-order valence-electron chi connectivity index (χ4n) is 6.82. The van der Waals surface area contributed by atoms with Crippen LogP contribution in [0.5, 0.6) is 0 Å². The summed E-state index contributed by atoms with van der Waals surface area (Å²) < 4.78 is 0. The van der Waals surface area contributed by atoms with E-state index in [1.165, 1.54) is 0 Å². The number of likely N-dealkylation sites (tertiary alicyclic amines) is 1. The van der Waals surface area contributed by atoms with Gasteiger partial charge in [0, 0.05) is 12.6 Å². The predicted molar refractivity (Wildman–Crippen MR) is 137 cm³/mol. The molecule has 0 aromatic heterocycles. The Labute approximate surface area is 211 Å². The lowest BCUT2D eigenvalue weighted by molar-refractivity contribution is -0.120. The summed E-state index contributed by atoms with van der Waals surface area (Å²) in [6, 6.07) is 12.8. The lowest BCUT2D eigenvalue weighted by Gasteiger charge is -2.39. The van der Waals surface area contributed by atoms with Gasteiger partial charge in [-0.15, -0.1) is 0 Å². The van der Waals surface area contributed by atoms with E-state index in [9.17, 15) is 19.2 Å². The number of amides is 4. The van der Waals surface area contributed by atoms with Crippen LogP contribution in [0.4, 0.5) is 5.69 Å². The van der Waals surface area contributed by atoms with Crippen LogP contribution in [0.15, 0.2) is 48.5 Å². The first-order valence-electron chi connectivity index (χ1n) is 12.7. The van der Waals surface area contributed by atoms with E-state index in [0.717, 1.165) is 24.2 Å². The van der Waals surface area contributed by atoms with Gasteiger partial charge in [0.05, 0.1) is 22.4 Å². The van der Waals surface area contributed by atoms with E-state index in [2.05, 4.69) is 26.1 Å². The van der Waals surface area contributed by atoms with Crippen molar-refractivity contribution in [2.75, 3.05) is 11.9 Å². The zero-order valence-corrected chi connectivity index (χ0v) is 21.3. The van der Waals surface area contributed by atoms with Crippen molar-refractivity contribution in [1.82, 2.24) is 9.80 Å². The van der Waals surface area contributed by atoms with Gasteiger partial charge in [0.2, 0.25) is 5.91 Å². The second-order valence-electron chi connectivity index (χ2n) is 11.6. The smallest absolute Gasteiger partial charge is 0.262 e. The fraction of sp³-hybridized carbons (Fsp3) is 0.448. The van der Waals surface area contributed by atoms with Crippen molar-refractivity contribution in [3.05, 3.63) is 65.2 Å². The first-order chi connectivity index (χ1) is 17.0. The van der Waals surface area contributed by atoms with Crippen LogP contribution in [0.2, 0.25) is 0 Å². The summed E-state index contributed by atoms with van der Waals surface area (Å²) in [5, 5.41) is 2.86. The molecule has 1 saturated heterocycles. The number of benzene rings is 2. The van der Waals surface area contributed by atoms with E-state index in [0.29, 0.717) is 28.9 Å². The average molecular weight is 488 g/mol. The molecular formula is C29H33N3O4. The molecule has 0 radical (unpaired) electrons. The Hall–Kier alpha value is -3.48. The number of para-hydroxylation sites is 1. The molecule has 2 bridgehead atoms. The van der Waals surface area contributed by atoms with Gasteiger partial charge in [-0.1, -0.05) is 52.0 Å². The van der Waals surface area contributed by atoms with Gasteiger partial charge in [-0.05, 0) is 60.8 Å². The Morgan fingerprint density at radius 1 is 0.972 bits per heavy atom. The minimum atomic E-state index is -0.980. The second kappa shape index (κ2) is 8.57. The minimum absolute atomic E-state index is 0.0916. The topological polar surface area (TPSA) is 86.8 Å². The van der Waals surface area contributed by atoms with E-state index >= 15 is 0 Å². The number of rotatable bonds is 5. The lowest BCUT2D eigenvalue weighted by Crippen LogP contribution is -2.47. The number of nitrogens with zero attached hydrogens (tertiary/aromatic N) is 2. The highest BCUT2D eigenvalue weighted by Gasteiger charge is 2.51. The monoisotopic (exact) mass is 487 g/mol. The summed E-state index contributed by atoms with van der Waals surface area (Å²) in [5.74, 6) is -1.52. The molecule has 4 amide bonds. The Kier molecular flexibility index (Phi) is 5.77. The molecule has 2 aromatic rings. The minimum Gasteiger partial charge on any atom is -0.335 e. The van der Waals surface area contributed by atoms with Gasteiger partial charge in [-0.3, -0.25) is 24.1 Å². The summed E-state index contributed by atoms with van der Waals surface area (Å²) in [6.45, 7) is 9.26. The number of hydrogen-bond acceptors (Lipinski definition) is 4. The number of carbonyl (C=O) groups is 4. The quantitative estimate of drug-likeness (QED) is 0.617. The fourth-order valence-corrected chi connectivity index (χ4v) is 6.82. The van der Waals surface area contributed by atoms with Crippen LogP contribution in [-0.4, -0.2) is 52.1 Å². The third-order valence-corrected chi connectivity index (χ3v) is 7.92. The number of hydrogen-bond donors (Lipinski definition) is 1. The molecule has 3 atom stereocenters. The lowest BCUT2D eigenvalue weighted by atomic mass is 9.65. The van der Waals surface area contributed by atoms with Crippen LogP contribution in [0.25, 0.3) is 0 Å². The van der Waals surface area contributed by atoms with E-state index in [4.69, 9.17) is 0 Å². The average Bonchev–Trinajstić information content (AvgIpc) is 3.23. The molecule has 7 nitrogen and oxygen atoms in total. The highest BCUT2D eigenvalue weighted by Crippen LogP contribution is 2.52. The molecular weight excluding hydrogens is 454 g/mol. The molecule has 1 N–H and O–H groups in total. The molecule has 2 aromatic carbocycles. The molecule has 2 heterocycles. The summed E-state index contributed by atoms with van der Waals surface area (Å²) in [5.41, 5.74) is 1.72. The molecule has 188 valence electrons. The highest BCUT2D eigenvalue weighted by atomic mass is 16.2. The van der Waals surface area contributed by atoms with Crippen molar-refractivity contribution >= 4 is 29.3 Å². The maximum Gasteiger partial charge on any atom is 0.262 e. The summed E-state index contributed by atoms with van der Waals surface area (Å²) in [4.78, 5) is 56.1. The predicted octanol–water partition coefficient (Wildman–Crippen LogP) is 4.74. The van der Waals surface area contributed by atoms with Crippen molar-refractivity contribution < 1.29 is 19.2 Å². The van der Waals surface area contributed by atoms with Gasteiger partial charge in [-0.25, -0.2) is 0 Å². The van der Waals surface area contributed by atoms with Crippen molar-refractivity contribution in [3.63, 3.8) is 0 Å². The number of anilines is 1. The molecule has 7 heteroatoms. The first kappa shape index (κ1) is 24.2. The van der Waals surface area contributed by atoms with Gasteiger partial charge in [0.1, 0.15) is 6.04 Å². The largest absolute Gasteiger partial charge is 0.335 e. The summed E-state index contributed by atoms with van der Waals surface area (Å²) in [6.07, 6.45) is 3.29. The standard InChI is InChI=1S/C29H33N3O4/c1-5-23(32-26(35)19-10-6-7-11-20(19)27(32)36)24(33)30-22-13-9-8-12-21(22)25(34)31-17-29(4)15-18(31)14-28(2,3)16-29/h6-13,18,23H,5,14-17H2,1-4H3,(H,30,33)/t18-,23+,29+/m1/s1. The number of nitrogens with one attached hydrogen (secondary N) is 1. The molecule has 0 unspecified atom stereocenters. The number of fused-ring (bicyclic) bond motifs is 3. The SMILES string of the molecule is CC[C@@H](C(=O)Nc1ccccc1C(=O)N1C[C@@]2(C)C[C@H]1CC(C)(C)C2)N1C(=O)c2ccccc2C1=O. The van der Waals surface area contributed by atoms with Crippen molar-refractivity contribution in [1.29, 1.82) is 0 Å². The third kappa shape index (κ3) is 4.00. The zero-order valence-electron chi connectivity index (χ0n) is 21.3. The van der Waals surface area contributed by atoms with Gasteiger partial charge in [0.15, 0.2) is 0 Å². The van der Waals surface area contributed by atoms with E-state index in [-0.39, 0.29) is 29.2 Å². The summed E-state index contributed by atoms with van der Waals surface area (Å²) in [7, 11) is 0. The van der Waals surface area contributed by atoms with Crippen LogP contribution in [0.3, 0.4) is 0 Å². The van der Waals surface area contributed by atoms with Crippen molar-refractivity contribution in [2.45, 2.75) is 65.5 Å². The van der Waals surface area contributed by atoms with Gasteiger partial charge >= 0.3 is 0 Å². The molecule has 2 fully saturated rings. The number of imide groups is 1. The Morgan fingerprint density at radius 2 is 1.58 bits per heavy atom. The molecule has 5 rings (SSSR count). The highest BCUT2D eigenvalue weighted by molar-refractivity contribution is 6.23. The molecule has 1 aliphatic carbocycles. The summed E-state index contributed by atoms with van der Waals surface area (Å²) >= 11 is 0. The first-order valence-corrected chi connectivity index (χ1v) is 12.7. The van der Waals surface area contributed by atoms with Crippen molar-refractivity contribution in [2.24, 2.45) is 10.8 Å². The normalized spacial score (nSPS) is 25.1. The molecule has 36 heavy (non-hydrogen) atoms.